The summed E-state index contributed by atoms with van der Waals surface area (Å²) in [5.41, 5.74) is 8.51. The molecule has 1 aromatic carbocycles. The number of rotatable bonds is 4. The maximum atomic E-state index is 5.58. The van der Waals surface area contributed by atoms with Gasteiger partial charge in [0.15, 0.2) is 0 Å². The van der Waals surface area contributed by atoms with Crippen molar-refractivity contribution in [1.29, 1.82) is 0 Å². The molecule has 1 aliphatic rings. The molecule has 2 N–H and O–H groups in total. The van der Waals surface area contributed by atoms with Crippen molar-refractivity contribution in [2.75, 3.05) is 18.0 Å². The predicted molar refractivity (Wildman–Crippen MR) is 65.2 cm³/mol. The zero-order valence-corrected chi connectivity index (χ0v) is 9.45. The third-order valence-electron chi connectivity index (χ3n) is 3.28. The molecule has 2 rings (SSSR count). The van der Waals surface area contributed by atoms with Gasteiger partial charge < -0.3 is 10.6 Å². The molecule has 0 fully saturated rings. The normalized spacial score (nSPS) is 19.3. The van der Waals surface area contributed by atoms with Gasteiger partial charge in [0.1, 0.15) is 0 Å². The Bertz CT molecular complexity index is 322. The highest BCUT2D eigenvalue weighted by molar-refractivity contribution is 5.59. The van der Waals surface area contributed by atoms with E-state index in [0.29, 0.717) is 6.04 Å². The molecule has 2 heteroatoms. The third kappa shape index (κ3) is 2.00. The van der Waals surface area contributed by atoms with Crippen LogP contribution in [0.1, 0.15) is 25.3 Å². The second-order valence-electron chi connectivity index (χ2n) is 4.20. The average Bonchev–Trinajstić information content (AvgIpc) is 2.63. The number of hydrogen-bond acceptors (Lipinski definition) is 2. The van der Waals surface area contributed by atoms with Crippen LogP contribution in [0, 0.1) is 0 Å². The molecule has 0 spiro atoms. The Hall–Kier alpha value is -1.02. The molecule has 1 unspecified atom stereocenters. The van der Waals surface area contributed by atoms with Crippen LogP contribution in [0.25, 0.3) is 0 Å². The summed E-state index contributed by atoms with van der Waals surface area (Å²) in [6.07, 6.45) is 3.55. The summed E-state index contributed by atoms with van der Waals surface area (Å²) in [5.74, 6) is 0. The molecule has 0 saturated carbocycles. The Morgan fingerprint density at radius 2 is 2.20 bits per heavy atom. The zero-order chi connectivity index (χ0) is 10.7. The van der Waals surface area contributed by atoms with Crippen LogP contribution in [0.5, 0.6) is 0 Å². The van der Waals surface area contributed by atoms with Crippen molar-refractivity contribution in [3.05, 3.63) is 29.8 Å². The molecule has 0 aromatic heterocycles. The van der Waals surface area contributed by atoms with E-state index < -0.39 is 0 Å². The minimum Gasteiger partial charge on any atom is -0.368 e. The van der Waals surface area contributed by atoms with E-state index in [1.54, 1.807) is 0 Å². The molecule has 1 atom stereocenters. The van der Waals surface area contributed by atoms with Gasteiger partial charge in [-0.25, -0.2) is 0 Å². The maximum absolute atomic E-state index is 5.58. The fourth-order valence-corrected chi connectivity index (χ4v) is 2.56. The highest BCUT2D eigenvalue weighted by Gasteiger charge is 2.26. The van der Waals surface area contributed by atoms with Crippen LogP contribution in [0.3, 0.4) is 0 Å². The first-order valence-electron chi connectivity index (χ1n) is 5.91. The largest absolute Gasteiger partial charge is 0.368 e. The van der Waals surface area contributed by atoms with Crippen molar-refractivity contribution >= 4 is 5.69 Å². The van der Waals surface area contributed by atoms with Crippen molar-refractivity contribution in [2.24, 2.45) is 5.73 Å². The number of nitrogens with two attached hydrogens (primary N) is 1. The Kier molecular flexibility index (Phi) is 3.27. The van der Waals surface area contributed by atoms with Gasteiger partial charge in [-0.05, 0) is 44.4 Å². The van der Waals surface area contributed by atoms with Gasteiger partial charge in [0.2, 0.25) is 0 Å². The minimum absolute atomic E-state index is 0.677. The highest BCUT2D eigenvalue weighted by Crippen LogP contribution is 2.33. The molecular formula is C13H20N2. The van der Waals surface area contributed by atoms with E-state index >= 15 is 0 Å². The maximum Gasteiger partial charge on any atom is 0.0402 e. The van der Waals surface area contributed by atoms with Gasteiger partial charge in [-0.3, -0.25) is 0 Å². The molecule has 0 aliphatic carbocycles. The van der Waals surface area contributed by atoms with Gasteiger partial charge in [0, 0.05) is 18.3 Å². The number of para-hydroxylation sites is 1. The number of anilines is 1. The molecule has 1 aromatic rings. The number of likely N-dealkylation sites (N-methyl/N-ethyl adjacent to an activating group) is 1. The quantitative estimate of drug-likeness (QED) is 0.814. The first-order valence-corrected chi connectivity index (χ1v) is 5.91. The molecular weight excluding hydrogens is 184 g/mol. The van der Waals surface area contributed by atoms with Gasteiger partial charge in [-0.15, -0.1) is 0 Å². The molecule has 0 amide bonds. The fourth-order valence-electron chi connectivity index (χ4n) is 2.56. The lowest BCUT2D eigenvalue weighted by Gasteiger charge is -2.25. The number of benzene rings is 1. The number of fused-ring (bicyclic) bond motifs is 1. The number of nitrogens with zero attached hydrogens (tertiary/aromatic N) is 1. The van der Waals surface area contributed by atoms with Crippen molar-refractivity contribution in [3.63, 3.8) is 0 Å². The smallest absolute Gasteiger partial charge is 0.0402 e. The predicted octanol–water partition coefficient (Wildman–Crippen LogP) is 2.18. The van der Waals surface area contributed by atoms with E-state index in [1.807, 2.05) is 0 Å². The second-order valence-corrected chi connectivity index (χ2v) is 4.20. The lowest BCUT2D eigenvalue weighted by atomic mass is 10.1. The SMILES string of the molecule is CCN1c2ccccc2CC1CCCN. The summed E-state index contributed by atoms with van der Waals surface area (Å²) in [4.78, 5) is 2.52. The average molecular weight is 204 g/mol. The first-order chi connectivity index (χ1) is 7.36. The highest BCUT2D eigenvalue weighted by atomic mass is 15.2. The van der Waals surface area contributed by atoms with Crippen molar-refractivity contribution in [2.45, 2.75) is 32.2 Å². The second kappa shape index (κ2) is 4.67. The van der Waals surface area contributed by atoms with E-state index in [2.05, 4.69) is 36.1 Å². The summed E-state index contributed by atoms with van der Waals surface area (Å²) in [7, 11) is 0. The molecule has 0 saturated heterocycles. The first kappa shape index (κ1) is 10.5. The Morgan fingerprint density at radius 3 is 2.93 bits per heavy atom. The monoisotopic (exact) mass is 204 g/mol. The van der Waals surface area contributed by atoms with E-state index in [1.165, 1.54) is 24.1 Å². The van der Waals surface area contributed by atoms with Crippen molar-refractivity contribution in [3.8, 4) is 0 Å². The molecule has 82 valence electrons. The Balaban J connectivity index is 2.13. The number of hydrogen-bond donors (Lipinski definition) is 1. The summed E-state index contributed by atoms with van der Waals surface area (Å²) >= 11 is 0. The van der Waals surface area contributed by atoms with Gasteiger partial charge in [-0.1, -0.05) is 18.2 Å². The van der Waals surface area contributed by atoms with E-state index in [0.717, 1.165) is 19.5 Å². The zero-order valence-electron chi connectivity index (χ0n) is 9.45. The molecule has 1 heterocycles. The molecule has 0 radical (unpaired) electrons. The molecule has 2 nitrogen and oxygen atoms in total. The van der Waals surface area contributed by atoms with Crippen LogP contribution in [-0.4, -0.2) is 19.1 Å². The van der Waals surface area contributed by atoms with Crippen LogP contribution < -0.4 is 10.6 Å². The van der Waals surface area contributed by atoms with E-state index in [9.17, 15) is 0 Å². The summed E-state index contributed by atoms with van der Waals surface area (Å²) in [6.45, 7) is 4.15. The summed E-state index contributed by atoms with van der Waals surface area (Å²) < 4.78 is 0. The standard InChI is InChI=1S/C13H20N2/c1-2-15-12(7-5-9-14)10-11-6-3-4-8-13(11)15/h3-4,6,8,12H,2,5,7,9-10,14H2,1H3. The van der Waals surface area contributed by atoms with Crippen molar-refractivity contribution < 1.29 is 0 Å². The van der Waals surface area contributed by atoms with Crippen LogP contribution in [0.4, 0.5) is 5.69 Å². The lowest BCUT2D eigenvalue weighted by Crippen LogP contribution is -2.32. The topological polar surface area (TPSA) is 29.3 Å². The lowest BCUT2D eigenvalue weighted by molar-refractivity contribution is 0.565. The summed E-state index contributed by atoms with van der Waals surface area (Å²) in [5, 5.41) is 0. The summed E-state index contributed by atoms with van der Waals surface area (Å²) in [6, 6.07) is 9.43. The fraction of sp³-hybridized carbons (Fsp3) is 0.538. The molecule has 15 heavy (non-hydrogen) atoms. The van der Waals surface area contributed by atoms with Crippen molar-refractivity contribution in [1.82, 2.24) is 0 Å². The third-order valence-corrected chi connectivity index (χ3v) is 3.28. The molecule has 0 bridgehead atoms. The van der Waals surface area contributed by atoms with Gasteiger partial charge in [-0.2, -0.15) is 0 Å². The van der Waals surface area contributed by atoms with Crippen LogP contribution in [0.2, 0.25) is 0 Å². The Morgan fingerprint density at radius 1 is 1.40 bits per heavy atom. The van der Waals surface area contributed by atoms with E-state index in [-0.39, 0.29) is 0 Å². The Labute approximate surface area is 92.1 Å². The van der Waals surface area contributed by atoms with Gasteiger partial charge in [0.25, 0.3) is 0 Å². The van der Waals surface area contributed by atoms with Gasteiger partial charge in [0.05, 0.1) is 0 Å². The van der Waals surface area contributed by atoms with Crippen LogP contribution in [0.15, 0.2) is 24.3 Å². The molecule has 1 aliphatic heterocycles. The van der Waals surface area contributed by atoms with Gasteiger partial charge >= 0.3 is 0 Å². The van der Waals surface area contributed by atoms with Crippen LogP contribution in [-0.2, 0) is 6.42 Å². The minimum atomic E-state index is 0.677. The van der Waals surface area contributed by atoms with E-state index in [4.69, 9.17) is 5.73 Å². The van der Waals surface area contributed by atoms with Crippen LogP contribution >= 0.6 is 0 Å².